The van der Waals surface area contributed by atoms with Crippen molar-refractivity contribution in [2.24, 2.45) is 5.73 Å². The van der Waals surface area contributed by atoms with Crippen LogP contribution in [0, 0.1) is 6.92 Å². The van der Waals surface area contributed by atoms with Crippen molar-refractivity contribution < 1.29 is 4.79 Å². The van der Waals surface area contributed by atoms with Gasteiger partial charge in [-0.25, -0.2) is 0 Å². The molecule has 3 heteroatoms. The monoisotopic (exact) mass is 252 g/mol. The lowest BCUT2D eigenvalue weighted by molar-refractivity contribution is -0.126. The summed E-state index contributed by atoms with van der Waals surface area (Å²) in [7, 11) is 0. The Balaban J connectivity index is 1.96. The Morgan fingerprint density at radius 1 is 1.00 bits per heavy atom. The van der Waals surface area contributed by atoms with Crippen LogP contribution in [0.15, 0.2) is 54.6 Å². The molecule has 3 rings (SSSR count). The molecule has 0 bridgehead atoms. The second-order valence-electron chi connectivity index (χ2n) is 4.93. The standard InChI is InChI=1S/C16H16N2O/c1-11-7-9-12(10-8-11)15-14(17)16(19)18(15)13-5-3-2-4-6-13/h2-10,14-15H,17H2,1H3/t14-,15-/m0/s1. The molecule has 1 heterocycles. The van der Waals surface area contributed by atoms with Gasteiger partial charge in [-0.15, -0.1) is 0 Å². The Kier molecular flexibility index (Phi) is 2.84. The van der Waals surface area contributed by atoms with Gasteiger partial charge in [0.2, 0.25) is 5.91 Å². The van der Waals surface area contributed by atoms with Crippen molar-refractivity contribution in [3.8, 4) is 0 Å². The fourth-order valence-corrected chi connectivity index (χ4v) is 2.51. The number of nitrogens with two attached hydrogens (primary N) is 1. The summed E-state index contributed by atoms with van der Waals surface area (Å²) in [5.41, 5.74) is 9.16. The molecule has 2 atom stereocenters. The third kappa shape index (κ3) is 1.92. The SMILES string of the molecule is Cc1ccc([C@H]2[C@H](N)C(=O)N2c2ccccc2)cc1. The van der Waals surface area contributed by atoms with E-state index in [4.69, 9.17) is 5.73 Å². The largest absolute Gasteiger partial charge is 0.318 e. The number of anilines is 1. The predicted molar refractivity (Wildman–Crippen MR) is 75.8 cm³/mol. The minimum atomic E-state index is -0.442. The number of nitrogens with zero attached hydrogens (tertiary/aromatic N) is 1. The summed E-state index contributed by atoms with van der Waals surface area (Å²) in [6.07, 6.45) is 0. The predicted octanol–water partition coefficient (Wildman–Crippen LogP) is 2.41. The number of hydrogen-bond donors (Lipinski definition) is 1. The molecular formula is C16H16N2O. The molecule has 0 saturated carbocycles. The van der Waals surface area contributed by atoms with Gasteiger partial charge >= 0.3 is 0 Å². The summed E-state index contributed by atoms with van der Waals surface area (Å²) in [5, 5.41) is 0. The first-order valence-corrected chi connectivity index (χ1v) is 6.39. The molecule has 0 aromatic heterocycles. The van der Waals surface area contributed by atoms with Gasteiger partial charge in [0.15, 0.2) is 0 Å². The summed E-state index contributed by atoms with van der Waals surface area (Å²) in [4.78, 5) is 13.8. The molecular weight excluding hydrogens is 236 g/mol. The molecule has 96 valence electrons. The molecule has 1 fully saturated rings. The van der Waals surface area contributed by atoms with Crippen LogP contribution < -0.4 is 10.6 Å². The second-order valence-corrected chi connectivity index (χ2v) is 4.93. The van der Waals surface area contributed by atoms with E-state index in [1.54, 1.807) is 4.90 Å². The van der Waals surface area contributed by atoms with Crippen molar-refractivity contribution in [2.75, 3.05) is 4.90 Å². The molecule has 3 nitrogen and oxygen atoms in total. The maximum absolute atomic E-state index is 12.0. The van der Waals surface area contributed by atoms with Gasteiger partial charge in [-0.3, -0.25) is 4.79 Å². The number of aryl methyl sites for hydroxylation is 1. The van der Waals surface area contributed by atoms with Crippen molar-refractivity contribution in [1.29, 1.82) is 0 Å². The Hall–Kier alpha value is -2.13. The summed E-state index contributed by atoms with van der Waals surface area (Å²) >= 11 is 0. The van der Waals surface area contributed by atoms with E-state index in [0.29, 0.717) is 0 Å². The van der Waals surface area contributed by atoms with Crippen LogP contribution in [-0.4, -0.2) is 11.9 Å². The first-order chi connectivity index (χ1) is 9.18. The van der Waals surface area contributed by atoms with Crippen molar-refractivity contribution in [3.05, 3.63) is 65.7 Å². The fraction of sp³-hybridized carbons (Fsp3) is 0.188. The van der Waals surface area contributed by atoms with E-state index in [0.717, 1.165) is 11.3 Å². The number of amides is 1. The number of β-lactam (4-membered cyclic amide) rings is 1. The molecule has 1 aliphatic rings. The van der Waals surface area contributed by atoms with E-state index in [1.807, 2.05) is 61.5 Å². The van der Waals surface area contributed by atoms with E-state index in [9.17, 15) is 4.79 Å². The maximum Gasteiger partial charge on any atom is 0.247 e. The Bertz CT molecular complexity index is 592. The lowest BCUT2D eigenvalue weighted by Crippen LogP contribution is -2.63. The minimum Gasteiger partial charge on any atom is -0.318 e. The number of hydrogen-bond acceptors (Lipinski definition) is 2. The van der Waals surface area contributed by atoms with E-state index in [2.05, 4.69) is 0 Å². The van der Waals surface area contributed by atoms with Gasteiger partial charge in [-0.05, 0) is 24.6 Å². The van der Waals surface area contributed by atoms with Crippen LogP contribution in [0.4, 0.5) is 5.69 Å². The number of carbonyl (C=O) groups excluding carboxylic acids is 1. The van der Waals surface area contributed by atoms with Gasteiger partial charge in [0.25, 0.3) is 0 Å². The van der Waals surface area contributed by atoms with Crippen LogP contribution in [0.1, 0.15) is 17.2 Å². The zero-order valence-electron chi connectivity index (χ0n) is 10.8. The zero-order chi connectivity index (χ0) is 13.4. The first-order valence-electron chi connectivity index (χ1n) is 6.39. The Labute approximate surface area is 112 Å². The van der Waals surface area contributed by atoms with E-state index >= 15 is 0 Å². The molecule has 19 heavy (non-hydrogen) atoms. The normalized spacial score (nSPS) is 22.2. The highest BCUT2D eigenvalue weighted by molar-refractivity contribution is 6.05. The van der Waals surface area contributed by atoms with Crippen LogP contribution in [0.5, 0.6) is 0 Å². The Morgan fingerprint density at radius 3 is 2.26 bits per heavy atom. The third-order valence-electron chi connectivity index (χ3n) is 3.59. The summed E-state index contributed by atoms with van der Waals surface area (Å²) in [6.45, 7) is 2.05. The molecule has 1 aliphatic heterocycles. The molecule has 0 unspecified atom stereocenters. The average Bonchev–Trinajstić information content (AvgIpc) is 2.46. The Morgan fingerprint density at radius 2 is 1.63 bits per heavy atom. The van der Waals surface area contributed by atoms with E-state index in [1.165, 1.54) is 5.56 Å². The van der Waals surface area contributed by atoms with Gasteiger partial charge < -0.3 is 10.6 Å². The highest BCUT2D eigenvalue weighted by Crippen LogP contribution is 2.37. The zero-order valence-corrected chi connectivity index (χ0v) is 10.8. The molecule has 0 spiro atoms. The molecule has 2 aromatic rings. The molecule has 0 radical (unpaired) electrons. The van der Waals surface area contributed by atoms with E-state index < -0.39 is 6.04 Å². The lowest BCUT2D eigenvalue weighted by Gasteiger charge is -2.45. The lowest BCUT2D eigenvalue weighted by atomic mass is 9.88. The quantitative estimate of drug-likeness (QED) is 0.834. The summed E-state index contributed by atoms with van der Waals surface area (Å²) < 4.78 is 0. The van der Waals surface area contributed by atoms with Crippen molar-refractivity contribution >= 4 is 11.6 Å². The highest BCUT2D eigenvalue weighted by Gasteiger charge is 2.46. The molecule has 1 saturated heterocycles. The fourth-order valence-electron chi connectivity index (χ4n) is 2.51. The molecule has 2 aromatic carbocycles. The number of para-hydroxylation sites is 1. The number of rotatable bonds is 2. The molecule has 2 N–H and O–H groups in total. The van der Waals surface area contributed by atoms with Crippen molar-refractivity contribution in [3.63, 3.8) is 0 Å². The van der Waals surface area contributed by atoms with Gasteiger partial charge in [-0.1, -0.05) is 48.0 Å². The van der Waals surface area contributed by atoms with Gasteiger partial charge in [0, 0.05) is 5.69 Å². The van der Waals surface area contributed by atoms with Crippen molar-refractivity contribution in [1.82, 2.24) is 0 Å². The van der Waals surface area contributed by atoms with Crippen LogP contribution in [0.3, 0.4) is 0 Å². The highest BCUT2D eigenvalue weighted by atomic mass is 16.2. The van der Waals surface area contributed by atoms with Crippen LogP contribution in [0.25, 0.3) is 0 Å². The minimum absolute atomic E-state index is 0.0169. The molecule has 0 aliphatic carbocycles. The summed E-state index contributed by atoms with van der Waals surface area (Å²) in [6, 6.07) is 17.4. The van der Waals surface area contributed by atoms with Crippen LogP contribution in [0.2, 0.25) is 0 Å². The van der Waals surface area contributed by atoms with Gasteiger partial charge in [-0.2, -0.15) is 0 Å². The smallest absolute Gasteiger partial charge is 0.247 e. The number of benzene rings is 2. The number of carbonyl (C=O) groups is 1. The average molecular weight is 252 g/mol. The first kappa shape index (κ1) is 11.9. The van der Waals surface area contributed by atoms with Crippen LogP contribution >= 0.6 is 0 Å². The second kappa shape index (κ2) is 4.52. The summed E-state index contributed by atoms with van der Waals surface area (Å²) in [5.74, 6) is -0.0169. The van der Waals surface area contributed by atoms with Crippen LogP contribution in [-0.2, 0) is 4.79 Å². The maximum atomic E-state index is 12.0. The topological polar surface area (TPSA) is 46.3 Å². The molecule has 1 amide bonds. The third-order valence-corrected chi connectivity index (χ3v) is 3.59. The van der Waals surface area contributed by atoms with Crippen molar-refractivity contribution in [2.45, 2.75) is 19.0 Å². The van der Waals surface area contributed by atoms with Gasteiger partial charge in [0.05, 0.1) is 6.04 Å². The van der Waals surface area contributed by atoms with Gasteiger partial charge in [0.1, 0.15) is 6.04 Å². The van der Waals surface area contributed by atoms with E-state index in [-0.39, 0.29) is 11.9 Å².